The van der Waals surface area contributed by atoms with Crippen LogP contribution in [-0.4, -0.2) is 49.8 Å². The molecule has 0 bridgehead atoms. The van der Waals surface area contributed by atoms with Gasteiger partial charge >= 0.3 is 0 Å². The molecule has 2 fully saturated rings. The Labute approximate surface area is 99.5 Å². The first-order valence-electron chi connectivity index (χ1n) is 6.72. The Morgan fingerprint density at radius 2 is 2.12 bits per heavy atom. The maximum atomic E-state index is 5.64. The van der Waals surface area contributed by atoms with Crippen molar-refractivity contribution in [3.63, 3.8) is 0 Å². The van der Waals surface area contributed by atoms with Gasteiger partial charge in [-0.2, -0.15) is 0 Å². The highest BCUT2D eigenvalue weighted by Crippen LogP contribution is 2.22. The van der Waals surface area contributed by atoms with Crippen molar-refractivity contribution in [2.24, 2.45) is 5.92 Å². The molecule has 3 nitrogen and oxygen atoms in total. The van der Waals surface area contributed by atoms with Crippen molar-refractivity contribution in [1.82, 2.24) is 10.2 Å². The summed E-state index contributed by atoms with van der Waals surface area (Å²) in [7, 11) is 2.27. The summed E-state index contributed by atoms with van der Waals surface area (Å²) in [6.45, 7) is 7.88. The molecule has 0 aromatic rings. The molecule has 94 valence electrons. The fourth-order valence-electron chi connectivity index (χ4n) is 3.24. The van der Waals surface area contributed by atoms with E-state index in [2.05, 4.69) is 31.1 Å². The molecule has 2 aliphatic rings. The number of likely N-dealkylation sites (N-methyl/N-ethyl adjacent to an activating group) is 1. The summed E-state index contributed by atoms with van der Waals surface area (Å²) in [5.41, 5.74) is 0. The van der Waals surface area contributed by atoms with E-state index in [4.69, 9.17) is 4.74 Å². The summed E-state index contributed by atoms with van der Waals surface area (Å²) in [6, 6.07) is 1.34. The highest BCUT2D eigenvalue weighted by molar-refractivity contribution is 4.83. The molecule has 2 heterocycles. The Balaban J connectivity index is 1.79. The molecule has 4 unspecified atom stereocenters. The maximum Gasteiger partial charge on any atom is 0.0702 e. The number of nitrogens with zero attached hydrogens (tertiary/aromatic N) is 1. The molecule has 0 saturated carbocycles. The normalized spacial score (nSPS) is 40.5. The van der Waals surface area contributed by atoms with E-state index in [-0.39, 0.29) is 0 Å². The van der Waals surface area contributed by atoms with Crippen molar-refractivity contribution in [2.45, 2.75) is 51.3 Å². The topological polar surface area (TPSA) is 24.5 Å². The fourth-order valence-corrected chi connectivity index (χ4v) is 3.24. The van der Waals surface area contributed by atoms with E-state index in [1.54, 1.807) is 0 Å². The minimum absolute atomic E-state index is 0.420. The number of piperidine rings is 1. The van der Waals surface area contributed by atoms with Gasteiger partial charge in [0.15, 0.2) is 0 Å². The van der Waals surface area contributed by atoms with Gasteiger partial charge in [0.25, 0.3) is 0 Å². The zero-order valence-corrected chi connectivity index (χ0v) is 10.9. The Hall–Kier alpha value is -0.120. The standard InChI is InChI=1S/C13H26N2O/c1-10-8-12(4-6-14-10)9-15(3)13-5-7-16-11(13)2/h10-14H,4-9H2,1-3H3. The third-order valence-electron chi connectivity index (χ3n) is 4.18. The molecule has 2 rings (SSSR count). The van der Waals surface area contributed by atoms with Crippen LogP contribution >= 0.6 is 0 Å². The molecule has 1 N–H and O–H groups in total. The lowest BCUT2D eigenvalue weighted by atomic mass is 9.92. The van der Waals surface area contributed by atoms with Crippen molar-refractivity contribution >= 4 is 0 Å². The molecular weight excluding hydrogens is 200 g/mol. The van der Waals surface area contributed by atoms with Gasteiger partial charge in [0.2, 0.25) is 0 Å². The molecule has 2 saturated heterocycles. The monoisotopic (exact) mass is 226 g/mol. The molecule has 2 aliphatic heterocycles. The largest absolute Gasteiger partial charge is 0.377 e. The van der Waals surface area contributed by atoms with E-state index in [1.807, 2.05) is 0 Å². The second-order valence-electron chi connectivity index (χ2n) is 5.62. The fraction of sp³-hybridized carbons (Fsp3) is 1.00. The molecule has 3 heteroatoms. The Morgan fingerprint density at radius 3 is 2.75 bits per heavy atom. The van der Waals surface area contributed by atoms with Crippen molar-refractivity contribution in [1.29, 1.82) is 0 Å². The predicted octanol–water partition coefficient (Wildman–Crippen LogP) is 1.48. The summed E-state index contributed by atoms with van der Waals surface area (Å²) in [5.74, 6) is 0.869. The molecule has 0 spiro atoms. The van der Waals surface area contributed by atoms with Gasteiger partial charge in [-0.1, -0.05) is 0 Å². The summed E-state index contributed by atoms with van der Waals surface area (Å²) in [5, 5.41) is 3.52. The van der Waals surface area contributed by atoms with Crippen molar-refractivity contribution in [3.05, 3.63) is 0 Å². The van der Waals surface area contributed by atoms with E-state index in [9.17, 15) is 0 Å². The third-order valence-corrected chi connectivity index (χ3v) is 4.18. The van der Waals surface area contributed by atoms with Crippen molar-refractivity contribution < 1.29 is 4.74 Å². The van der Waals surface area contributed by atoms with E-state index in [1.165, 1.54) is 32.4 Å². The van der Waals surface area contributed by atoms with Crippen LogP contribution in [0, 0.1) is 5.92 Å². The lowest BCUT2D eigenvalue weighted by Gasteiger charge is -2.34. The van der Waals surface area contributed by atoms with Crippen LogP contribution in [0.3, 0.4) is 0 Å². The van der Waals surface area contributed by atoms with E-state index < -0.39 is 0 Å². The number of hydrogen-bond donors (Lipinski definition) is 1. The number of nitrogens with one attached hydrogen (secondary N) is 1. The van der Waals surface area contributed by atoms with Crippen molar-refractivity contribution in [2.75, 3.05) is 26.7 Å². The maximum absolute atomic E-state index is 5.64. The molecule has 16 heavy (non-hydrogen) atoms. The highest BCUT2D eigenvalue weighted by atomic mass is 16.5. The minimum atomic E-state index is 0.420. The van der Waals surface area contributed by atoms with Gasteiger partial charge in [0.1, 0.15) is 0 Å². The molecule has 0 amide bonds. The van der Waals surface area contributed by atoms with Crippen molar-refractivity contribution in [3.8, 4) is 0 Å². The summed E-state index contributed by atoms with van der Waals surface area (Å²) < 4.78 is 5.64. The van der Waals surface area contributed by atoms with Crippen LogP contribution in [0.5, 0.6) is 0 Å². The zero-order chi connectivity index (χ0) is 11.5. The van der Waals surface area contributed by atoms with Gasteiger partial charge < -0.3 is 15.0 Å². The van der Waals surface area contributed by atoms with Crippen LogP contribution in [0.1, 0.15) is 33.1 Å². The predicted molar refractivity (Wildman–Crippen MR) is 66.6 cm³/mol. The van der Waals surface area contributed by atoms with Gasteiger partial charge in [0.05, 0.1) is 6.10 Å². The van der Waals surface area contributed by atoms with Gasteiger partial charge in [0, 0.05) is 25.2 Å². The van der Waals surface area contributed by atoms with Crippen LogP contribution < -0.4 is 5.32 Å². The van der Waals surface area contributed by atoms with Crippen LogP contribution in [0.2, 0.25) is 0 Å². The minimum Gasteiger partial charge on any atom is -0.377 e. The second-order valence-corrected chi connectivity index (χ2v) is 5.62. The first-order chi connectivity index (χ1) is 7.66. The number of ether oxygens (including phenoxy) is 1. The highest BCUT2D eigenvalue weighted by Gasteiger charge is 2.29. The smallest absolute Gasteiger partial charge is 0.0702 e. The van der Waals surface area contributed by atoms with Gasteiger partial charge in [-0.15, -0.1) is 0 Å². The molecule has 0 aromatic heterocycles. The Morgan fingerprint density at radius 1 is 1.31 bits per heavy atom. The summed E-state index contributed by atoms with van der Waals surface area (Å²) >= 11 is 0. The molecule has 4 atom stereocenters. The average molecular weight is 226 g/mol. The van der Waals surface area contributed by atoms with Gasteiger partial charge in [-0.3, -0.25) is 0 Å². The SMILES string of the molecule is CC1CC(CN(C)C2CCOC2C)CCN1. The van der Waals surface area contributed by atoms with Crippen LogP contribution in [0.25, 0.3) is 0 Å². The van der Waals surface area contributed by atoms with E-state index in [0.717, 1.165) is 12.5 Å². The molecular formula is C13H26N2O. The second kappa shape index (κ2) is 5.48. The average Bonchev–Trinajstić information content (AvgIpc) is 2.64. The Bertz CT molecular complexity index is 222. The van der Waals surface area contributed by atoms with Gasteiger partial charge in [-0.05, 0) is 52.6 Å². The molecule has 0 aliphatic carbocycles. The molecule has 0 radical (unpaired) electrons. The summed E-state index contributed by atoms with van der Waals surface area (Å²) in [6.07, 6.45) is 4.28. The lowest BCUT2D eigenvalue weighted by molar-refractivity contribution is 0.0746. The van der Waals surface area contributed by atoms with E-state index in [0.29, 0.717) is 18.2 Å². The summed E-state index contributed by atoms with van der Waals surface area (Å²) in [4.78, 5) is 2.53. The van der Waals surface area contributed by atoms with Crippen LogP contribution in [0.4, 0.5) is 0 Å². The zero-order valence-electron chi connectivity index (χ0n) is 10.9. The Kier molecular flexibility index (Phi) is 4.22. The van der Waals surface area contributed by atoms with Gasteiger partial charge in [-0.25, -0.2) is 0 Å². The van der Waals surface area contributed by atoms with E-state index >= 15 is 0 Å². The number of rotatable bonds is 3. The number of hydrogen-bond acceptors (Lipinski definition) is 3. The third kappa shape index (κ3) is 2.96. The van der Waals surface area contributed by atoms with Crippen LogP contribution in [-0.2, 0) is 4.74 Å². The first kappa shape index (κ1) is 12.3. The van der Waals surface area contributed by atoms with Crippen LogP contribution in [0.15, 0.2) is 0 Å². The quantitative estimate of drug-likeness (QED) is 0.789. The molecule has 0 aromatic carbocycles. The lowest BCUT2D eigenvalue weighted by Crippen LogP contribution is -2.44. The first-order valence-corrected chi connectivity index (χ1v) is 6.72.